The van der Waals surface area contributed by atoms with Gasteiger partial charge in [-0.15, -0.1) is 0 Å². The highest BCUT2D eigenvalue weighted by Gasteiger charge is 2.37. The van der Waals surface area contributed by atoms with Crippen LogP contribution in [-0.2, 0) is 14.6 Å². The fourth-order valence-electron chi connectivity index (χ4n) is 3.16. The van der Waals surface area contributed by atoms with Crippen LogP contribution in [0.1, 0.15) is 42.7 Å². The quantitative estimate of drug-likeness (QED) is 0.926. The van der Waals surface area contributed by atoms with Crippen molar-refractivity contribution in [2.24, 2.45) is 0 Å². The third-order valence-electron chi connectivity index (χ3n) is 4.08. The topological polar surface area (TPSA) is 71.4 Å². The number of rotatable bonds is 4. The van der Waals surface area contributed by atoms with Crippen molar-refractivity contribution in [3.05, 3.63) is 35.4 Å². The maximum Gasteiger partial charge on any atom is 0.318 e. The number of carboxylic acids is 1. The first-order valence-corrected chi connectivity index (χ1v) is 8.62. The van der Waals surface area contributed by atoms with Gasteiger partial charge >= 0.3 is 5.97 Å². The fourth-order valence-corrected chi connectivity index (χ4v) is 5.03. The van der Waals surface area contributed by atoms with Crippen LogP contribution >= 0.6 is 0 Å². The molecule has 0 unspecified atom stereocenters. The second-order valence-electron chi connectivity index (χ2n) is 5.49. The molecule has 1 fully saturated rings. The molecule has 1 aromatic carbocycles. The average Bonchev–Trinajstić information content (AvgIpc) is 2.38. The highest BCUT2D eigenvalue weighted by Crippen LogP contribution is 2.38. The lowest BCUT2D eigenvalue weighted by Crippen LogP contribution is -2.35. The summed E-state index contributed by atoms with van der Waals surface area (Å²) < 4.78 is 24.6. The van der Waals surface area contributed by atoms with Gasteiger partial charge in [-0.1, -0.05) is 37.1 Å². The first-order chi connectivity index (χ1) is 9.42. The van der Waals surface area contributed by atoms with E-state index >= 15 is 0 Å². The van der Waals surface area contributed by atoms with E-state index in [1.54, 1.807) is 0 Å². The van der Waals surface area contributed by atoms with Crippen LogP contribution in [0.5, 0.6) is 0 Å². The highest BCUT2D eigenvalue weighted by atomic mass is 32.2. The molecule has 0 radical (unpaired) electrons. The summed E-state index contributed by atoms with van der Waals surface area (Å²) in [7, 11) is -3.60. The summed E-state index contributed by atoms with van der Waals surface area (Å²) >= 11 is 0. The third-order valence-corrected chi connectivity index (χ3v) is 6.21. The Kier molecular flexibility index (Phi) is 4.48. The maximum absolute atomic E-state index is 12.3. The molecule has 0 aromatic heterocycles. The standard InChI is InChI=1S/C15H20O4S/c1-11-6-2-3-7-12(11)13-8-4-5-9-14(13)20(18,19)10-15(16)17/h2-3,6-7,13-14H,4-5,8-10H2,1H3,(H,16,17)/t13-,14-/m1/s1. The van der Waals surface area contributed by atoms with Crippen LogP contribution in [0.15, 0.2) is 24.3 Å². The van der Waals surface area contributed by atoms with Gasteiger partial charge in [0.1, 0.15) is 5.75 Å². The number of aryl methyl sites for hydroxylation is 1. The lowest BCUT2D eigenvalue weighted by molar-refractivity contribution is -0.134. The Balaban J connectivity index is 2.35. The number of hydrogen-bond acceptors (Lipinski definition) is 3. The van der Waals surface area contributed by atoms with Crippen molar-refractivity contribution in [1.82, 2.24) is 0 Å². The van der Waals surface area contributed by atoms with Gasteiger partial charge in [-0.3, -0.25) is 4.79 Å². The van der Waals surface area contributed by atoms with E-state index in [9.17, 15) is 13.2 Å². The van der Waals surface area contributed by atoms with Crippen molar-refractivity contribution in [2.45, 2.75) is 43.8 Å². The number of hydrogen-bond donors (Lipinski definition) is 1. The molecule has 0 heterocycles. The SMILES string of the molecule is Cc1ccccc1[C@H]1CCCC[C@H]1S(=O)(=O)CC(=O)O. The highest BCUT2D eigenvalue weighted by molar-refractivity contribution is 7.92. The Morgan fingerprint density at radius 2 is 1.90 bits per heavy atom. The lowest BCUT2D eigenvalue weighted by atomic mass is 9.82. The third kappa shape index (κ3) is 3.20. The van der Waals surface area contributed by atoms with Crippen LogP contribution < -0.4 is 0 Å². The molecule has 1 aliphatic rings. The fraction of sp³-hybridized carbons (Fsp3) is 0.533. The molecular formula is C15H20O4S. The van der Waals surface area contributed by atoms with Crippen LogP contribution in [0, 0.1) is 6.92 Å². The summed E-state index contributed by atoms with van der Waals surface area (Å²) in [4.78, 5) is 10.8. The van der Waals surface area contributed by atoms with E-state index in [0.717, 1.165) is 30.4 Å². The Morgan fingerprint density at radius 3 is 2.55 bits per heavy atom. The van der Waals surface area contributed by atoms with Gasteiger partial charge in [0.2, 0.25) is 0 Å². The average molecular weight is 296 g/mol. The molecule has 0 saturated heterocycles. The maximum atomic E-state index is 12.3. The number of carbonyl (C=O) groups is 1. The second-order valence-corrected chi connectivity index (χ2v) is 7.71. The van der Waals surface area contributed by atoms with Gasteiger partial charge in [0.15, 0.2) is 9.84 Å². The molecule has 20 heavy (non-hydrogen) atoms. The van der Waals surface area contributed by atoms with Crippen molar-refractivity contribution in [2.75, 3.05) is 5.75 Å². The summed E-state index contributed by atoms with van der Waals surface area (Å²) in [6.45, 7) is 1.98. The number of sulfone groups is 1. The van der Waals surface area contributed by atoms with E-state index in [4.69, 9.17) is 5.11 Å². The molecular weight excluding hydrogens is 276 g/mol. The van der Waals surface area contributed by atoms with Gasteiger partial charge in [0.05, 0.1) is 5.25 Å². The summed E-state index contributed by atoms with van der Waals surface area (Å²) in [5.74, 6) is -2.10. The summed E-state index contributed by atoms with van der Waals surface area (Å²) in [6, 6.07) is 7.79. The van der Waals surface area contributed by atoms with Gasteiger partial charge in [0, 0.05) is 5.92 Å². The van der Waals surface area contributed by atoms with Crippen molar-refractivity contribution < 1.29 is 18.3 Å². The van der Waals surface area contributed by atoms with Crippen molar-refractivity contribution in [1.29, 1.82) is 0 Å². The van der Waals surface area contributed by atoms with Crippen LogP contribution in [0.25, 0.3) is 0 Å². The molecule has 1 aliphatic carbocycles. The lowest BCUT2D eigenvalue weighted by Gasteiger charge is -2.32. The first kappa shape index (κ1) is 15.0. The minimum absolute atomic E-state index is 0.0747. The molecule has 5 heteroatoms. The number of aliphatic carboxylic acids is 1. The molecule has 0 spiro atoms. The Hall–Kier alpha value is -1.36. The first-order valence-electron chi connectivity index (χ1n) is 6.90. The molecule has 0 amide bonds. The number of carboxylic acid groups (broad SMARTS) is 1. The van der Waals surface area contributed by atoms with Gasteiger partial charge < -0.3 is 5.11 Å². The monoisotopic (exact) mass is 296 g/mol. The Labute approximate surface area is 119 Å². The van der Waals surface area contributed by atoms with Crippen LogP contribution in [0.3, 0.4) is 0 Å². The van der Waals surface area contributed by atoms with Crippen molar-refractivity contribution >= 4 is 15.8 Å². The van der Waals surface area contributed by atoms with Crippen LogP contribution in [0.4, 0.5) is 0 Å². The van der Waals surface area contributed by atoms with Gasteiger partial charge in [-0.05, 0) is 30.9 Å². The minimum atomic E-state index is -3.60. The zero-order valence-corrected chi connectivity index (χ0v) is 12.4. The Morgan fingerprint density at radius 1 is 1.25 bits per heavy atom. The van der Waals surface area contributed by atoms with E-state index in [0.29, 0.717) is 6.42 Å². The molecule has 2 atom stereocenters. The van der Waals surface area contributed by atoms with E-state index in [1.807, 2.05) is 31.2 Å². The number of benzene rings is 1. The smallest absolute Gasteiger partial charge is 0.318 e. The molecule has 1 N–H and O–H groups in total. The van der Waals surface area contributed by atoms with Crippen LogP contribution in [-0.4, -0.2) is 30.5 Å². The molecule has 1 aromatic rings. The molecule has 0 aliphatic heterocycles. The zero-order valence-electron chi connectivity index (χ0n) is 11.6. The van der Waals surface area contributed by atoms with E-state index in [1.165, 1.54) is 0 Å². The van der Waals surface area contributed by atoms with Crippen LogP contribution in [0.2, 0.25) is 0 Å². The molecule has 110 valence electrons. The van der Waals surface area contributed by atoms with Gasteiger partial charge in [-0.2, -0.15) is 0 Å². The molecule has 2 rings (SSSR count). The van der Waals surface area contributed by atoms with E-state index in [-0.39, 0.29) is 5.92 Å². The minimum Gasteiger partial charge on any atom is -0.480 e. The van der Waals surface area contributed by atoms with E-state index < -0.39 is 26.8 Å². The molecule has 4 nitrogen and oxygen atoms in total. The van der Waals surface area contributed by atoms with E-state index in [2.05, 4.69) is 0 Å². The normalized spacial score (nSPS) is 23.4. The van der Waals surface area contributed by atoms with Gasteiger partial charge in [0.25, 0.3) is 0 Å². The molecule has 1 saturated carbocycles. The summed E-state index contributed by atoms with van der Waals surface area (Å²) in [5, 5.41) is 8.25. The van der Waals surface area contributed by atoms with Crippen molar-refractivity contribution in [3.63, 3.8) is 0 Å². The predicted octanol–water partition coefficient (Wildman–Crippen LogP) is 2.52. The van der Waals surface area contributed by atoms with Crippen molar-refractivity contribution in [3.8, 4) is 0 Å². The van der Waals surface area contributed by atoms with Gasteiger partial charge in [-0.25, -0.2) is 8.42 Å². The largest absolute Gasteiger partial charge is 0.480 e. The second kappa shape index (κ2) is 5.95. The predicted molar refractivity (Wildman–Crippen MR) is 77.6 cm³/mol. The summed E-state index contributed by atoms with van der Waals surface area (Å²) in [5.41, 5.74) is 2.13. The zero-order chi connectivity index (χ0) is 14.8. The summed E-state index contributed by atoms with van der Waals surface area (Å²) in [6.07, 6.45) is 3.23. The molecule has 0 bridgehead atoms. The Bertz CT molecular complexity index is 592.